The summed E-state index contributed by atoms with van der Waals surface area (Å²) in [5, 5.41) is 14.5. The van der Waals surface area contributed by atoms with Crippen LogP contribution in [0.3, 0.4) is 0 Å². The first-order chi connectivity index (χ1) is 19.0. The summed E-state index contributed by atoms with van der Waals surface area (Å²) in [7, 11) is 3.29. The maximum Gasteiger partial charge on any atom is 0.256 e. The number of nitrogens with zero attached hydrogens (tertiary/aromatic N) is 5. The van der Waals surface area contributed by atoms with Crippen LogP contribution in [0.1, 0.15) is 25.7 Å². The molecule has 0 spiro atoms. The molecule has 2 fully saturated rings. The number of halogens is 1. The lowest BCUT2D eigenvalue weighted by atomic mass is 10.0. The fraction of sp³-hybridized carbons (Fsp3) is 0.407. The van der Waals surface area contributed by atoms with Gasteiger partial charge in [-0.05, 0) is 51.4 Å². The first kappa shape index (κ1) is 25.3. The van der Waals surface area contributed by atoms with E-state index in [0.29, 0.717) is 34.4 Å². The molecule has 12 heteroatoms. The Morgan fingerprint density at radius 2 is 2.05 bits per heavy atom. The zero-order valence-corrected chi connectivity index (χ0v) is 22.0. The number of amides is 1. The monoisotopic (exact) mass is 533 g/mol. The number of para-hydroxylation sites is 1. The molecule has 6 rings (SSSR count). The quantitative estimate of drug-likeness (QED) is 0.285. The van der Waals surface area contributed by atoms with E-state index in [-0.39, 0.29) is 23.6 Å². The number of nitrogens with one attached hydrogen (secondary N) is 4. The van der Waals surface area contributed by atoms with Crippen molar-refractivity contribution in [3.63, 3.8) is 0 Å². The normalized spacial score (nSPS) is 18.5. The Morgan fingerprint density at radius 3 is 2.87 bits per heavy atom. The number of piperidine rings is 1. The van der Waals surface area contributed by atoms with Gasteiger partial charge in [-0.2, -0.15) is 0 Å². The van der Waals surface area contributed by atoms with Crippen LogP contribution < -0.4 is 20.7 Å². The average molecular weight is 534 g/mol. The number of H-pyrrole nitrogens is 1. The summed E-state index contributed by atoms with van der Waals surface area (Å²) in [5.41, 5.74) is 2.65. The molecule has 5 heterocycles. The van der Waals surface area contributed by atoms with Gasteiger partial charge in [0.05, 0.1) is 36.7 Å². The van der Waals surface area contributed by atoms with Gasteiger partial charge in [0.2, 0.25) is 11.9 Å². The molecule has 39 heavy (non-hydrogen) atoms. The lowest BCUT2D eigenvalue weighted by Gasteiger charge is -2.35. The van der Waals surface area contributed by atoms with Crippen molar-refractivity contribution in [2.45, 2.75) is 37.8 Å². The summed E-state index contributed by atoms with van der Waals surface area (Å²) in [5.74, 6) is 0.0218. The second-order valence-electron chi connectivity index (χ2n) is 10.0. The van der Waals surface area contributed by atoms with Crippen LogP contribution in [-0.2, 0) is 11.8 Å². The highest BCUT2D eigenvalue weighted by Gasteiger charge is 2.36. The maximum atomic E-state index is 15.0. The summed E-state index contributed by atoms with van der Waals surface area (Å²) >= 11 is 0. The molecule has 1 amide bonds. The third kappa shape index (κ3) is 4.92. The third-order valence-electron chi connectivity index (χ3n) is 7.58. The van der Waals surface area contributed by atoms with Crippen molar-refractivity contribution < 1.29 is 13.9 Å². The van der Waals surface area contributed by atoms with Gasteiger partial charge in [0.25, 0.3) is 5.88 Å². The van der Waals surface area contributed by atoms with Crippen molar-refractivity contribution in [3.05, 3.63) is 42.6 Å². The van der Waals surface area contributed by atoms with Crippen LogP contribution >= 0.6 is 0 Å². The molecule has 0 bridgehead atoms. The number of hydrogen-bond acceptors (Lipinski definition) is 8. The Hall–Kier alpha value is -4.03. The van der Waals surface area contributed by atoms with E-state index >= 15 is 0 Å². The summed E-state index contributed by atoms with van der Waals surface area (Å²) < 4.78 is 21.9. The van der Waals surface area contributed by atoms with Crippen molar-refractivity contribution >= 4 is 34.1 Å². The minimum Gasteiger partial charge on any atom is -0.478 e. The molecule has 4 aromatic rings. The van der Waals surface area contributed by atoms with Gasteiger partial charge in [-0.25, -0.2) is 14.4 Å². The van der Waals surface area contributed by atoms with E-state index in [9.17, 15) is 9.18 Å². The molecule has 2 aliphatic rings. The van der Waals surface area contributed by atoms with Crippen molar-refractivity contribution in [2.24, 2.45) is 7.05 Å². The Kier molecular flexibility index (Phi) is 6.88. The zero-order valence-electron chi connectivity index (χ0n) is 22.0. The molecule has 2 aliphatic heterocycles. The van der Waals surface area contributed by atoms with Gasteiger partial charge in [-0.15, -0.1) is 5.10 Å². The fourth-order valence-electron chi connectivity index (χ4n) is 5.76. The standard InChI is InChI=1S/C27H32FN9O2/c1-36-15-21(26(35-36)39-2)33-27-31-14-19(28)23(34-27)18-13-30-24-17(18)5-3-6-20(24)32-25(38)22-7-4-12-37(22)16-8-10-29-11-9-16/h3,5-6,13-16,22,29-30H,4,7-12H2,1-2H3,(H,32,38)(H,31,33,34). The van der Waals surface area contributed by atoms with Crippen molar-refractivity contribution in [2.75, 3.05) is 37.4 Å². The maximum absolute atomic E-state index is 15.0. The number of ether oxygens (including phenoxy) is 1. The molecule has 0 aliphatic carbocycles. The number of likely N-dealkylation sites (tertiary alicyclic amines) is 1. The molecule has 1 unspecified atom stereocenters. The summed E-state index contributed by atoms with van der Waals surface area (Å²) in [6.07, 6.45) is 8.56. The van der Waals surface area contributed by atoms with Gasteiger partial charge in [0.1, 0.15) is 11.4 Å². The largest absolute Gasteiger partial charge is 0.478 e. The average Bonchev–Trinajstić information content (AvgIpc) is 3.69. The first-order valence-electron chi connectivity index (χ1n) is 13.3. The summed E-state index contributed by atoms with van der Waals surface area (Å²) in [6.45, 7) is 2.94. The van der Waals surface area contributed by atoms with Crippen molar-refractivity contribution in [3.8, 4) is 17.1 Å². The lowest BCUT2D eigenvalue weighted by molar-refractivity contribution is -0.121. The number of aromatic amines is 1. The molecule has 11 nitrogen and oxygen atoms in total. The van der Waals surface area contributed by atoms with E-state index in [2.05, 4.69) is 40.9 Å². The molecule has 204 valence electrons. The highest BCUT2D eigenvalue weighted by Crippen LogP contribution is 2.34. The van der Waals surface area contributed by atoms with E-state index in [1.165, 1.54) is 7.11 Å². The predicted molar refractivity (Wildman–Crippen MR) is 147 cm³/mol. The Balaban J connectivity index is 1.26. The van der Waals surface area contributed by atoms with E-state index < -0.39 is 5.82 Å². The predicted octanol–water partition coefficient (Wildman–Crippen LogP) is 3.40. The van der Waals surface area contributed by atoms with E-state index in [1.807, 2.05) is 18.2 Å². The summed E-state index contributed by atoms with van der Waals surface area (Å²) in [6, 6.07) is 5.89. The summed E-state index contributed by atoms with van der Waals surface area (Å²) in [4.78, 5) is 27.6. The number of benzene rings is 1. The van der Waals surface area contributed by atoms with Crippen molar-refractivity contribution in [1.82, 2.24) is 34.9 Å². The van der Waals surface area contributed by atoms with Gasteiger partial charge in [-0.1, -0.05) is 12.1 Å². The highest BCUT2D eigenvalue weighted by atomic mass is 19.1. The molecular formula is C27H32FN9O2. The van der Waals surface area contributed by atoms with E-state index in [1.54, 1.807) is 24.1 Å². The minimum atomic E-state index is -0.558. The minimum absolute atomic E-state index is 0.000182. The molecular weight excluding hydrogens is 501 g/mol. The smallest absolute Gasteiger partial charge is 0.256 e. The van der Waals surface area contributed by atoms with Crippen LogP contribution in [0.15, 0.2) is 36.8 Å². The van der Waals surface area contributed by atoms with E-state index in [4.69, 9.17) is 4.74 Å². The van der Waals surface area contributed by atoms with Gasteiger partial charge < -0.3 is 25.7 Å². The van der Waals surface area contributed by atoms with Crippen LogP contribution in [0.2, 0.25) is 0 Å². The van der Waals surface area contributed by atoms with Gasteiger partial charge in [-0.3, -0.25) is 14.4 Å². The number of carbonyl (C=O) groups excluding carboxylic acids is 1. The van der Waals surface area contributed by atoms with Crippen LogP contribution in [0, 0.1) is 5.82 Å². The number of aromatic nitrogens is 5. The molecule has 1 atom stereocenters. The third-order valence-corrected chi connectivity index (χ3v) is 7.58. The number of aryl methyl sites for hydroxylation is 1. The molecule has 0 radical (unpaired) electrons. The molecule has 2 saturated heterocycles. The Bertz CT molecular complexity index is 1490. The van der Waals surface area contributed by atoms with Crippen LogP contribution in [0.5, 0.6) is 5.88 Å². The Labute approximate surface area is 225 Å². The van der Waals surface area contributed by atoms with Crippen LogP contribution in [0.25, 0.3) is 22.2 Å². The van der Waals surface area contributed by atoms with Crippen molar-refractivity contribution in [1.29, 1.82) is 0 Å². The van der Waals surface area contributed by atoms with Gasteiger partial charge >= 0.3 is 0 Å². The zero-order chi connectivity index (χ0) is 26.9. The van der Waals surface area contributed by atoms with Crippen LogP contribution in [-0.4, -0.2) is 74.4 Å². The first-order valence-corrected chi connectivity index (χ1v) is 13.3. The Morgan fingerprint density at radius 1 is 1.21 bits per heavy atom. The molecule has 1 aromatic carbocycles. The van der Waals surface area contributed by atoms with Crippen LogP contribution in [0.4, 0.5) is 21.7 Å². The number of methoxy groups -OCH3 is 1. The number of fused-ring (bicyclic) bond motifs is 1. The van der Waals surface area contributed by atoms with E-state index in [0.717, 1.165) is 56.9 Å². The number of carbonyl (C=O) groups is 1. The van der Waals surface area contributed by atoms with Gasteiger partial charge in [0, 0.05) is 30.2 Å². The fourth-order valence-corrected chi connectivity index (χ4v) is 5.76. The lowest BCUT2D eigenvalue weighted by Crippen LogP contribution is -2.49. The number of anilines is 3. The SMILES string of the molecule is COc1nn(C)cc1Nc1ncc(F)c(-c2c[nH]c3c(NC(=O)C4CCCN4C4CCNCC4)cccc23)n1. The molecule has 4 N–H and O–H groups in total. The number of rotatable bonds is 7. The highest BCUT2D eigenvalue weighted by molar-refractivity contribution is 6.06. The second kappa shape index (κ2) is 10.6. The molecule has 0 saturated carbocycles. The number of hydrogen-bond donors (Lipinski definition) is 4. The van der Waals surface area contributed by atoms with Gasteiger partial charge in [0.15, 0.2) is 5.82 Å². The molecule has 3 aromatic heterocycles. The topological polar surface area (TPSA) is 125 Å². The second-order valence-corrected chi connectivity index (χ2v) is 10.0.